The van der Waals surface area contributed by atoms with Crippen LogP contribution in [0.2, 0.25) is 0 Å². The highest BCUT2D eigenvalue weighted by atomic mass is 32.2. The van der Waals surface area contributed by atoms with Gasteiger partial charge >= 0.3 is 5.51 Å². The van der Waals surface area contributed by atoms with Crippen LogP contribution in [-0.4, -0.2) is 24.8 Å². The molecule has 0 heterocycles. The third-order valence-corrected chi connectivity index (χ3v) is 3.38. The number of alkyl halides is 3. The zero-order valence-electron chi connectivity index (χ0n) is 10.4. The fourth-order valence-corrected chi connectivity index (χ4v) is 2.00. The Morgan fingerprint density at radius 2 is 1.83 bits per heavy atom. The number of para-hydroxylation sites is 1. The van der Waals surface area contributed by atoms with Gasteiger partial charge < -0.3 is 10.1 Å². The quantitative estimate of drug-likeness (QED) is 0.819. The number of anilines is 1. The van der Waals surface area contributed by atoms with Gasteiger partial charge in [0.1, 0.15) is 0 Å². The summed E-state index contributed by atoms with van der Waals surface area (Å²) in [7, 11) is 1.57. The molecule has 0 fully saturated rings. The molecule has 1 aromatic carbocycles. The van der Waals surface area contributed by atoms with E-state index in [-0.39, 0.29) is 28.8 Å². The van der Waals surface area contributed by atoms with Crippen molar-refractivity contribution in [1.29, 1.82) is 0 Å². The zero-order valence-corrected chi connectivity index (χ0v) is 11.2. The fraction of sp³-hybridized carbons (Fsp3) is 0.500. The maximum Gasteiger partial charge on any atom is 0.446 e. The molecular weight excluding hydrogens is 263 g/mol. The first kappa shape index (κ1) is 15.2. The second-order valence-electron chi connectivity index (χ2n) is 3.92. The van der Waals surface area contributed by atoms with Crippen LogP contribution in [0.25, 0.3) is 0 Å². The van der Waals surface area contributed by atoms with Crippen molar-refractivity contribution in [3.63, 3.8) is 0 Å². The van der Waals surface area contributed by atoms with Crippen molar-refractivity contribution in [2.24, 2.45) is 0 Å². The zero-order chi connectivity index (χ0) is 13.8. The predicted molar refractivity (Wildman–Crippen MR) is 67.9 cm³/mol. The molecule has 0 amide bonds. The molecule has 102 valence electrons. The lowest BCUT2D eigenvalue weighted by molar-refractivity contribution is -0.0327. The third-order valence-electron chi connectivity index (χ3n) is 2.57. The summed E-state index contributed by atoms with van der Waals surface area (Å²) in [6.45, 7) is 3.72. The lowest BCUT2D eigenvalue weighted by Crippen LogP contribution is -2.29. The van der Waals surface area contributed by atoms with E-state index in [1.54, 1.807) is 25.3 Å². The number of hydrogen-bond donors (Lipinski definition) is 1. The van der Waals surface area contributed by atoms with Crippen LogP contribution in [-0.2, 0) is 4.74 Å². The average molecular weight is 279 g/mol. The van der Waals surface area contributed by atoms with Gasteiger partial charge in [-0.15, -0.1) is 0 Å². The Kier molecular flexibility index (Phi) is 5.34. The molecule has 0 spiro atoms. The van der Waals surface area contributed by atoms with Crippen LogP contribution in [0.4, 0.5) is 18.9 Å². The summed E-state index contributed by atoms with van der Waals surface area (Å²) in [5.41, 5.74) is -3.82. The van der Waals surface area contributed by atoms with E-state index >= 15 is 0 Å². The average Bonchev–Trinajstić information content (AvgIpc) is 2.28. The molecule has 6 heteroatoms. The van der Waals surface area contributed by atoms with Gasteiger partial charge in [0.15, 0.2) is 0 Å². The van der Waals surface area contributed by atoms with Crippen LogP contribution in [0.5, 0.6) is 0 Å². The van der Waals surface area contributed by atoms with Crippen molar-refractivity contribution < 1.29 is 17.9 Å². The number of rotatable bonds is 5. The van der Waals surface area contributed by atoms with E-state index < -0.39 is 5.51 Å². The van der Waals surface area contributed by atoms with Gasteiger partial charge in [-0.05, 0) is 37.7 Å². The number of halogens is 3. The van der Waals surface area contributed by atoms with Crippen LogP contribution in [0.3, 0.4) is 0 Å². The third kappa shape index (κ3) is 4.78. The van der Waals surface area contributed by atoms with E-state index in [4.69, 9.17) is 4.74 Å². The van der Waals surface area contributed by atoms with Crippen molar-refractivity contribution in [3.05, 3.63) is 24.3 Å². The van der Waals surface area contributed by atoms with Crippen LogP contribution >= 0.6 is 11.8 Å². The van der Waals surface area contributed by atoms with Gasteiger partial charge in [0, 0.05) is 23.7 Å². The number of ether oxygens (including phenoxy) is 1. The molecule has 1 aromatic rings. The maximum absolute atomic E-state index is 12.4. The smallest absolute Gasteiger partial charge is 0.380 e. The first-order chi connectivity index (χ1) is 8.33. The van der Waals surface area contributed by atoms with Gasteiger partial charge in [0.25, 0.3) is 0 Å². The summed E-state index contributed by atoms with van der Waals surface area (Å²) in [6.07, 6.45) is -0.0889. The van der Waals surface area contributed by atoms with Crippen LogP contribution in [0, 0.1) is 0 Å². The Bertz CT molecular complexity index is 384. The highest BCUT2D eigenvalue weighted by Crippen LogP contribution is 2.40. The van der Waals surface area contributed by atoms with Crippen LogP contribution in [0.15, 0.2) is 29.2 Å². The Morgan fingerprint density at radius 3 is 2.39 bits per heavy atom. The molecule has 2 nitrogen and oxygen atoms in total. The van der Waals surface area contributed by atoms with Gasteiger partial charge in [-0.2, -0.15) is 13.2 Å². The molecule has 1 rings (SSSR count). The minimum Gasteiger partial charge on any atom is -0.380 e. The Labute approximate surface area is 109 Å². The van der Waals surface area contributed by atoms with Crippen molar-refractivity contribution in [1.82, 2.24) is 0 Å². The second-order valence-corrected chi connectivity index (χ2v) is 5.02. The summed E-state index contributed by atoms with van der Waals surface area (Å²) in [5, 5.41) is 3.04. The SMILES string of the molecule is COC(C)C(C)Nc1ccccc1SC(F)(F)F. The largest absolute Gasteiger partial charge is 0.446 e. The molecule has 2 unspecified atom stereocenters. The van der Waals surface area contributed by atoms with E-state index in [0.717, 1.165) is 0 Å². The molecule has 0 aliphatic rings. The van der Waals surface area contributed by atoms with E-state index in [9.17, 15) is 13.2 Å². The number of methoxy groups -OCH3 is 1. The van der Waals surface area contributed by atoms with Crippen LogP contribution in [0.1, 0.15) is 13.8 Å². The first-order valence-corrected chi connectivity index (χ1v) is 6.29. The van der Waals surface area contributed by atoms with Crippen molar-refractivity contribution in [3.8, 4) is 0 Å². The van der Waals surface area contributed by atoms with E-state index in [0.29, 0.717) is 5.69 Å². The normalized spacial score (nSPS) is 15.2. The molecule has 0 radical (unpaired) electrons. The topological polar surface area (TPSA) is 21.3 Å². The second kappa shape index (κ2) is 6.33. The Balaban J connectivity index is 2.82. The first-order valence-electron chi connectivity index (χ1n) is 5.47. The summed E-state index contributed by atoms with van der Waals surface area (Å²) in [5.74, 6) is 0. The maximum atomic E-state index is 12.4. The molecule has 0 aliphatic heterocycles. The fourth-order valence-electron chi connectivity index (χ4n) is 1.37. The minimum atomic E-state index is -4.28. The number of thioether (sulfide) groups is 1. The minimum absolute atomic E-state index is 0.0787. The molecule has 0 saturated heterocycles. The highest BCUT2D eigenvalue weighted by molar-refractivity contribution is 8.00. The molecule has 0 bridgehead atoms. The van der Waals surface area contributed by atoms with Gasteiger partial charge in [0.2, 0.25) is 0 Å². The summed E-state index contributed by atoms with van der Waals surface area (Å²) < 4.78 is 42.3. The molecule has 0 aromatic heterocycles. The molecule has 0 aliphatic carbocycles. The molecule has 2 atom stereocenters. The summed E-state index contributed by atoms with van der Waals surface area (Å²) in [4.78, 5) is 0.167. The Morgan fingerprint density at radius 1 is 1.22 bits per heavy atom. The van der Waals surface area contributed by atoms with Gasteiger partial charge in [-0.1, -0.05) is 12.1 Å². The number of hydrogen-bond acceptors (Lipinski definition) is 3. The van der Waals surface area contributed by atoms with Gasteiger partial charge in [-0.25, -0.2) is 0 Å². The summed E-state index contributed by atoms with van der Waals surface area (Å²) in [6, 6.07) is 6.29. The van der Waals surface area contributed by atoms with Crippen molar-refractivity contribution >= 4 is 17.4 Å². The van der Waals surface area contributed by atoms with Gasteiger partial charge in [0.05, 0.1) is 6.10 Å². The molecule has 0 saturated carbocycles. The van der Waals surface area contributed by atoms with E-state index in [1.807, 2.05) is 13.8 Å². The van der Waals surface area contributed by atoms with Crippen molar-refractivity contribution in [2.45, 2.75) is 36.4 Å². The van der Waals surface area contributed by atoms with Gasteiger partial charge in [-0.3, -0.25) is 0 Å². The monoisotopic (exact) mass is 279 g/mol. The molecule has 18 heavy (non-hydrogen) atoms. The molecule has 1 N–H and O–H groups in total. The molecular formula is C12H16F3NOS. The number of nitrogens with one attached hydrogen (secondary N) is 1. The van der Waals surface area contributed by atoms with Crippen molar-refractivity contribution in [2.75, 3.05) is 12.4 Å². The summed E-state index contributed by atoms with van der Waals surface area (Å²) >= 11 is -0.115. The predicted octanol–water partition coefficient (Wildman–Crippen LogP) is 4.13. The number of benzene rings is 1. The Hall–Kier alpha value is -0.880. The lowest BCUT2D eigenvalue weighted by Gasteiger charge is -2.22. The standard InChI is InChI=1S/C12H16F3NOS/c1-8(9(2)17-3)16-10-6-4-5-7-11(10)18-12(13,14)15/h4-9,16H,1-3H3. The lowest BCUT2D eigenvalue weighted by atomic mass is 10.2. The van der Waals surface area contributed by atoms with E-state index in [2.05, 4.69) is 5.32 Å². The van der Waals surface area contributed by atoms with E-state index in [1.165, 1.54) is 6.07 Å². The van der Waals surface area contributed by atoms with Crippen LogP contribution < -0.4 is 5.32 Å². The highest BCUT2D eigenvalue weighted by Gasteiger charge is 2.30.